The lowest BCUT2D eigenvalue weighted by Gasteiger charge is -2.03. The van der Waals surface area contributed by atoms with Crippen molar-refractivity contribution >= 4 is 23.4 Å². The van der Waals surface area contributed by atoms with Gasteiger partial charge in [-0.2, -0.15) is 11.3 Å². The van der Waals surface area contributed by atoms with Crippen molar-refractivity contribution < 1.29 is 14.6 Å². The van der Waals surface area contributed by atoms with Crippen molar-refractivity contribution in [3.63, 3.8) is 0 Å². The predicted molar refractivity (Wildman–Crippen MR) is 56.0 cm³/mol. The third-order valence-corrected chi connectivity index (χ3v) is 2.28. The lowest BCUT2D eigenvalue weighted by Crippen LogP contribution is -2.05. The Hall–Kier alpha value is -1.13. The molecular weight excluding hydrogens is 200 g/mol. The van der Waals surface area contributed by atoms with Crippen LogP contribution in [0.25, 0.3) is 6.08 Å². The normalized spacial score (nSPS) is 11.4. The zero-order valence-electron chi connectivity index (χ0n) is 7.90. The van der Waals surface area contributed by atoms with E-state index in [1.165, 1.54) is 6.92 Å². The van der Waals surface area contributed by atoms with Gasteiger partial charge >= 0.3 is 5.97 Å². The fraction of sp³-hybridized carbons (Fsp3) is 0.300. The highest BCUT2D eigenvalue weighted by Gasteiger charge is 1.99. The molecule has 0 amide bonds. The molecule has 76 valence electrons. The highest BCUT2D eigenvalue weighted by atomic mass is 32.1. The summed E-state index contributed by atoms with van der Waals surface area (Å²) in [6.45, 7) is 1.41. The number of hydrogen-bond acceptors (Lipinski definition) is 4. The second-order valence-electron chi connectivity index (χ2n) is 2.80. The van der Waals surface area contributed by atoms with Gasteiger partial charge in [-0.05, 0) is 34.0 Å². The number of hydrogen-bond donors (Lipinski definition) is 1. The fourth-order valence-electron chi connectivity index (χ4n) is 0.920. The molecule has 0 aliphatic carbocycles. The molecule has 0 radical (unpaired) electrons. The SMILES string of the molecule is CC(=O)OC/C(=C\c1ccsc1)CO. The Kier molecular flexibility index (Phi) is 4.35. The molecule has 0 fully saturated rings. The fourth-order valence-corrected chi connectivity index (χ4v) is 1.54. The van der Waals surface area contributed by atoms with E-state index in [1.54, 1.807) is 11.3 Å². The van der Waals surface area contributed by atoms with Gasteiger partial charge in [0.15, 0.2) is 0 Å². The monoisotopic (exact) mass is 212 g/mol. The van der Waals surface area contributed by atoms with Crippen molar-refractivity contribution in [3.8, 4) is 0 Å². The minimum Gasteiger partial charge on any atom is -0.461 e. The summed E-state index contributed by atoms with van der Waals surface area (Å²) >= 11 is 1.58. The van der Waals surface area contributed by atoms with Gasteiger partial charge in [-0.25, -0.2) is 0 Å². The molecule has 0 aliphatic heterocycles. The van der Waals surface area contributed by atoms with Crippen molar-refractivity contribution in [1.29, 1.82) is 0 Å². The summed E-state index contributed by atoms with van der Waals surface area (Å²) in [5.74, 6) is -0.338. The number of ether oxygens (including phenoxy) is 1. The molecule has 0 atom stereocenters. The number of aliphatic hydroxyl groups excluding tert-OH is 1. The van der Waals surface area contributed by atoms with Gasteiger partial charge in [-0.3, -0.25) is 4.79 Å². The van der Waals surface area contributed by atoms with Gasteiger partial charge in [0.25, 0.3) is 0 Å². The van der Waals surface area contributed by atoms with Crippen LogP contribution in [0.15, 0.2) is 22.4 Å². The van der Waals surface area contributed by atoms with Gasteiger partial charge in [0.05, 0.1) is 6.61 Å². The first-order valence-corrected chi connectivity index (χ1v) is 5.12. The van der Waals surface area contributed by atoms with Gasteiger partial charge in [-0.15, -0.1) is 0 Å². The first-order chi connectivity index (χ1) is 6.72. The number of esters is 1. The maximum Gasteiger partial charge on any atom is 0.302 e. The predicted octanol–water partition coefficient (Wildman–Crippen LogP) is 1.69. The summed E-state index contributed by atoms with van der Waals surface area (Å²) in [6, 6.07) is 1.94. The smallest absolute Gasteiger partial charge is 0.302 e. The van der Waals surface area contributed by atoms with Crippen molar-refractivity contribution in [2.45, 2.75) is 6.92 Å². The number of carbonyl (C=O) groups is 1. The number of rotatable bonds is 4. The quantitative estimate of drug-likeness (QED) is 0.772. The molecule has 14 heavy (non-hydrogen) atoms. The zero-order valence-corrected chi connectivity index (χ0v) is 8.71. The average molecular weight is 212 g/mol. The molecule has 1 aromatic rings. The Morgan fingerprint density at radius 2 is 2.50 bits per heavy atom. The number of carbonyl (C=O) groups excluding carboxylic acids is 1. The Morgan fingerprint density at radius 1 is 1.71 bits per heavy atom. The van der Waals surface area contributed by atoms with Gasteiger partial charge in [0, 0.05) is 6.92 Å². The topological polar surface area (TPSA) is 46.5 Å². The molecule has 3 nitrogen and oxygen atoms in total. The highest BCUT2D eigenvalue weighted by Crippen LogP contribution is 2.11. The second-order valence-corrected chi connectivity index (χ2v) is 3.58. The first-order valence-electron chi connectivity index (χ1n) is 4.18. The molecule has 1 rings (SSSR count). The average Bonchev–Trinajstić information content (AvgIpc) is 2.64. The lowest BCUT2D eigenvalue weighted by molar-refractivity contribution is -0.140. The van der Waals surface area contributed by atoms with Crippen LogP contribution in [-0.2, 0) is 9.53 Å². The van der Waals surface area contributed by atoms with Crippen molar-refractivity contribution in [2.24, 2.45) is 0 Å². The molecule has 4 heteroatoms. The van der Waals surface area contributed by atoms with E-state index in [-0.39, 0.29) is 19.2 Å². The summed E-state index contributed by atoms with van der Waals surface area (Å²) in [5, 5.41) is 12.9. The Bertz CT molecular complexity index is 314. The molecule has 0 bridgehead atoms. The van der Waals surface area contributed by atoms with Gasteiger partial charge < -0.3 is 9.84 Å². The van der Waals surface area contributed by atoms with E-state index < -0.39 is 0 Å². The van der Waals surface area contributed by atoms with Crippen LogP contribution < -0.4 is 0 Å². The van der Waals surface area contributed by atoms with Crippen LogP contribution in [0.2, 0.25) is 0 Å². The molecule has 0 spiro atoms. The third kappa shape index (κ3) is 3.72. The largest absolute Gasteiger partial charge is 0.461 e. The van der Waals surface area contributed by atoms with Crippen molar-refractivity contribution in [1.82, 2.24) is 0 Å². The standard InChI is InChI=1S/C10H12O3S/c1-8(12)13-6-10(5-11)4-9-2-3-14-7-9/h2-4,7,11H,5-6H2,1H3/b10-4-. The van der Waals surface area contributed by atoms with Crippen LogP contribution in [0.5, 0.6) is 0 Å². The summed E-state index contributed by atoms with van der Waals surface area (Å²) in [4.78, 5) is 10.5. The first kappa shape index (κ1) is 10.9. The third-order valence-electron chi connectivity index (χ3n) is 1.58. The van der Waals surface area contributed by atoms with E-state index in [2.05, 4.69) is 0 Å². The van der Waals surface area contributed by atoms with Crippen molar-refractivity contribution in [3.05, 3.63) is 28.0 Å². The molecule has 1 heterocycles. The van der Waals surface area contributed by atoms with Crippen LogP contribution in [0.1, 0.15) is 12.5 Å². The van der Waals surface area contributed by atoms with Crippen LogP contribution in [0.3, 0.4) is 0 Å². The number of thiophene rings is 1. The van der Waals surface area contributed by atoms with Gasteiger partial charge in [0.2, 0.25) is 0 Å². The second kappa shape index (κ2) is 5.57. The van der Waals surface area contributed by atoms with Crippen molar-refractivity contribution in [2.75, 3.05) is 13.2 Å². The van der Waals surface area contributed by atoms with E-state index >= 15 is 0 Å². The van der Waals surface area contributed by atoms with E-state index in [4.69, 9.17) is 9.84 Å². The van der Waals surface area contributed by atoms with E-state index in [9.17, 15) is 4.79 Å². The van der Waals surface area contributed by atoms with E-state index in [0.29, 0.717) is 5.57 Å². The molecule has 0 unspecified atom stereocenters. The molecule has 0 aromatic carbocycles. The van der Waals surface area contributed by atoms with Gasteiger partial charge in [0.1, 0.15) is 6.61 Å². The molecule has 0 saturated carbocycles. The Balaban J connectivity index is 2.57. The van der Waals surface area contributed by atoms with Crippen LogP contribution in [0.4, 0.5) is 0 Å². The van der Waals surface area contributed by atoms with Crippen LogP contribution in [0, 0.1) is 0 Å². The van der Waals surface area contributed by atoms with E-state index in [1.807, 2.05) is 22.9 Å². The minimum atomic E-state index is -0.338. The molecule has 1 N–H and O–H groups in total. The molecule has 1 aromatic heterocycles. The molecular formula is C10H12O3S. The Morgan fingerprint density at radius 3 is 3.00 bits per heavy atom. The molecule has 0 saturated heterocycles. The summed E-state index contributed by atoms with van der Waals surface area (Å²) in [6.07, 6.45) is 1.82. The van der Waals surface area contributed by atoms with Crippen LogP contribution in [-0.4, -0.2) is 24.3 Å². The van der Waals surface area contributed by atoms with Crippen LogP contribution >= 0.6 is 11.3 Å². The van der Waals surface area contributed by atoms with Gasteiger partial charge in [-0.1, -0.05) is 0 Å². The van der Waals surface area contributed by atoms with E-state index in [0.717, 1.165) is 5.56 Å². The summed E-state index contributed by atoms with van der Waals surface area (Å²) in [7, 11) is 0. The summed E-state index contributed by atoms with van der Waals surface area (Å²) in [5.41, 5.74) is 1.71. The zero-order chi connectivity index (χ0) is 10.4. The lowest BCUT2D eigenvalue weighted by atomic mass is 10.2. The molecule has 0 aliphatic rings. The number of aliphatic hydroxyl groups is 1. The highest BCUT2D eigenvalue weighted by molar-refractivity contribution is 7.08. The maximum absolute atomic E-state index is 10.5. The Labute approximate surface area is 86.6 Å². The minimum absolute atomic E-state index is 0.0941. The summed E-state index contributed by atoms with van der Waals surface area (Å²) < 4.78 is 4.78. The maximum atomic E-state index is 10.5.